The van der Waals surface area contributed by atoms with Crippen LogP contribution in [-0.2, 0) is 17.5 Å². The molecule has 2 unspecified atom stereocenters. The number of ether oxygens (including phenoxy) is 2. The number of hydrogen-bond donors (Lipinski definition) is 1. The Bertz CT molecular complexity index is 1180. The molecule has 1 N–H and O–H groups in total. The fourth-order valence-corrected chi connectivity index (χ4v) is 4.19. The number of aryl methyl sites for hydroxylation is 1. The number of halogens is 3. The Hall–Kier alpha value is -3.54. The Kier molecular flexibility index (Phi) is 5.68. The predicted octanol–water partition coefficient (Wildman–Crippen LogP) is 3.48. The van der Waals surface area contributed by atoms with Crippen molar-refractivity contribution in [2.45, 2.75) is 57.2 Å². The van der Waals surface area contributed by atoms with E-state index in [-0.39, 0.29) is 42.3 Å². The lowest BCUT2D eigenvalue weighted by Crippen LogP contribution is -2.41. The monoisotopic (exact) mass is 475 g/mol. The molecule has 3 aromatic heterocycles. The van der Waals surface area contributed by atoms with Gasteiger partial charge in [-0.1, -0.05) is 5.16 Å². The maximum atomic E-state index is 12.8. The minimum atomic E-state index is -4.53. The quantitative estimate of drug-likeness (QED) is 0.577. The number of nitrogens with zero attached hydrogens (tertiary/aromatic N) is 4. The van der Waals surface area contributed by atoms with E-state index < -0.39 is 11.9 Å². The Morgan fingerprint density at radius 3 is 2.68 bits per heavy atom. The maximum absolute atomic E-state index is 12.8. The first kappa shape index (κ1) is 22.3. The number of amides is 1. The van der Waals surface area contributed by atoms with Crippen molar-refractivity contribution in [3.05, 3.63) is 53.2 Å². The van der Waals surface area contributed by atoms with Crippen molar-refractivity contribution in [1.82, 2.24) is 25.7 Å². The minimum Gasteiger partial charge on any atom is -0.472 e. The highest BCUT2D eigenvalue weighted by molar-refractivity contribution is 5.92. The van der Waals surface area contributed by atoms with Crippen LogP contribution < -0.4 is 10.1 Å². The second-order valence-corrected chi connectivity index (χ2v) is 8.23. The van der Waals surface area contributed by atoms with Gasteiger partial charge in [0, 0.05) is 17.8 Å². The van der Waals surface area contributed by atoms with E-state index in [9.17, 15) is 18.0 Å². The van der Waals surface area contributed by atoms with E-state index in [0.717, 1.165) is 31.5 Å². The first-order chi connectivity index (χ1) is 16.3. The van der Waals surface area contributed by atoms with Gasteiger partial charge in [0.1, 0.15) is 23.8 Å². The number of hydrogen-bond acceptors (Lipinski definition) is 8. The van der Waals surface area contributed by atoms with Crippen LogP contribution in [0.25, 0.3) is 11.3 Å². The van der Waals surface area contributed by atoms with Crippen molar-refractivity contribution >= 4 is 5.91 Å². The van der Waals surface area contributed by atoms with E-state index in [4.69, 9.17) is 14.0 Å². The van der Waals surface area contributed by atoms with Gasteiger partial charge in [0.25, 0.3) is 5.91 Å². The average Bonchev–Trinajstić information content (AvgIpc) is 3.53. The first-order valence-corrected chi connectivity index (χ1v) is 10.7. The minimum absolute atomic E-state index is 0.0151. The van der Waals surface area contributed by atoms with Crippen molar-refractivity contribution in [3.63, 3.8) is 0 Å². The molecule has 2 fully saturated rings. The van der Waals surface area contributed by atoms with Crippen molar-refractivity contribution in [2.24, 2.45) is 0 Å². The summed E-state index contributed by atoms with van der Waals surface area (Å²) in [6, 6.07) is 5.15. The fourth-order valence-electron chi connectivity index (χ4n) is 4.19. The molecular formula is C22H20F3N5O4. The molecule has 0 saturated carbocycles. The van der Waals surface area contributed by atoms with Crippen LogP contribution >= 0.6 is 0 Å². The molecule has 0 aromatic carbocycles. The SMILES string of the molecule is Cc1onc(-c2ccc(C(F)(F)F)nc2)c1COc1ccc(C(=O)N[C@H]2CC3CCC2O3)nn1. The second-order valence-electron chi connectivity index (χ2n) is 8.23. The van der Waals surface area contributed by atoms with E-state index in [0.29, 0.717) is 22.6 Å². The van der Waals surface area contributed by atoms with Gasteiger partial charge in [-0.25, -0.2) is 0 Å². The van der Waals surface area contributed by atoms with Crippen LogP contribution in [0.5, 0.6) is 5.88 Å². The number of rotatable bonds is 6. The van der Waals surface area contributed by atoms with Crippen LogP contribution in [0.3, 0.4) is 0 Å². The third-order valence-corrected chi connectivity index (χ3v) is 5.97. The van der Waals surface area contributed by atoms with Crippen LogP contribution in [-0.4, -0.2) is 44.5 Å². The molecule has 0 aliphatic carbocycles. The van der Waals surface area contributed by atoms with Gasteiger partial charge in [-0.05, 0) is 44.4 Å². The number of carbonyl (C=O) groups excluding carboxylic acids is 1. The summed E-state index contributed by atoms with van der Waals surface area (Å²) in [5, 5.41) is 14.7. The summed E-state index contributed by atoms with van der Waals surface area (Å²) in [7, 11) is 0. The third kappa shape index (κ3) is 4.45. The predicted molar refractivity (Wildman–Crippen MR) is 110 cm³/mol. The Morgan fingerprint density at radius 2 is 2.06 bits per heavy atom. The standard InChI is InChI=1S/C22H20F3N5O4/c1-11-14(20(30-34-11)12-2-6-18(26-9-12)22(23,24)25)10-32-19-7-4-15(28-29-19)21(31)27-16-8-13-3-5-17(16)33-13/h2,4,6-7,9,13,16-17H,3,5,8,10H2,1H3,(H,27,31)/t13?,16-,17?/m0/s1. The van der Waals surface area contributed by atoms with Gasteiger partial charge in [0.15, 0.2) is 5.69 Å². The molecule has 5 rings (SSSR count). The third-order valence-electron chi connectivity index (χ3n) is 5.97. The molecule has 9 nitrogen and oxygen atoms in total. The van der Waals surface area contributed by atoms with Crippen LogP contribution in [0, 0.1) is 6.92 Å². The van der Waals surface area contributed by atoms with E-state index >= 15 is 0 Å². The number of pyridine rings is 1. The van der Waals surface area contributed by atoms with Crippen molar-refractivity contribution in [3.8, 4) is 17.1 Å². The number of fused-ring (bicyclic) bond motifs is 2. The van der Waals surface area contributed by atoms with Gasteiger partial charge in [-0.2, -0.15) is 13.2 Å². The molecular weight excluding hydrogens is 455 g/mol. The molecule has 3 atom stereocenters. The van der Waals surface area contributed by atoms with Crippen LogP contribution in [0.15, 0.2) is 35.0 Å². The lowest BCUT2D eigenvalue weighted by molar-refractivity contribution is -0.141. The largest absolute Gasteiger partial charge is 0.472 e. The van der Waals surface area contributed by atoms with Gasteiger partial charge in [-0.3, -0.25) is 9.78 Å². The highest BCUT2D eigenvalue weighted by Gasteiger charge is 2.41. The van der Waals surface area contributed by atoms with Crippen LogP contribution in [0.1, 0.15) is 46.8 Å². The molecule has 2 aliphatic rings. The summed E-state index contributed by atoms with van der Waals surface area (Å²) >= 11 is 0. The molecule has 1 amide bonds. The molecule has 2 aliphatic heterocycles. The van der Waals surface area contributed by atoms with Crippen LogP contribution in [0.2, 0.25) is 0 Å². The molecule has 0 radical (unpaired) electrons. The zero-order valence-corrected chi connectivity index (χ0v) is 18.0. The van der Waals surface area contributed by atoms with Gasteiger partial charge < -0.3 is 19.3 Å². The van der Waals surface area contributed by atoms with Gasteiger partial charge in [0.2, 0.25) is 5.88 Å². The molecule has 2 saturated heterocycles. The zero-order valence-electron chi connectivity index (χ0n) is 18.0. The van der Waals surface area contributed by atoms with E-state index in [2.05, 4.69) is 25.7 Å². The molecule has 12 heteroatoms. The lowest BCUT2D eigenvalue weighted by atomic mass is 9.95. The summed E-state index contributed by atoms with van der Waals surface area (Å²) in [4.78, 5) is 15.9. The van der Waals surface area contributed by atoms with Gasteiger partial charge >= 0.3 is 6.18 Å². The van der Waals surface area contributed by atoms with E-state index in [1.165, 1.54) is 18.2 Å². The number of aromatic nitrogens is 4. The number of alkyl halides is 3. The summed E-state index contributed by atoms with van der Waals surface area (Å²) in [5.41, 5.74) is 0.359. The maximum Gasteiger partial charge on any atom is 0.433 e. The Labute approximate surface area is 191 Å². The van der Waals surface area contributed by atoms with E-state index in [1.807, 2.05) is 0 Å². The van der Waals surface area contributed by atoms with Crippen molar-refractivity contribution in [1.29, 1.82) is 0 Å². The van der Waals surface area contributed by atoms with Crippen molar-refractivity contribution < 1.29 is 32.0 Å². The summed E-state index contributed by atoms with van der Waals surface area (Å²) in [5.74, 6) is 0.274. The summed E-state index contributed by atoms with van der Waals surface area (Å²) in [6.07, 6.45) is -0.382. The van der Waals surface area contributed by atoms with E-state index in [1.54, 1.807) is 6.92 Å². The Morgan fingerprint density at radius 1 is 1.21 bits per heavy atom. The fraction of sp³-hybridized carbons (Fsp3) is 0.409. The molecule has 34 heavy (non-hydrogen) atoms. The normalized spacial score (nSPS) is 21.6. The molecule has 178 valence electrons. The number of nitrogens with one attached hydrogen (secondary N) is 1. The van der Waals surface area contributed by atoms with Gasteiger partial charge in [0.05, 0.1) is 23.8 Å². The Balaban J connectivity index is 1.22. The summed E-state index contributed by atoms with van der Waals surface area (Å²) in [6.45, 7) is 1.64. The van der Waals surface area contributed by atoms with Crippen molar-refractivity contribution in [2.75, 3.05) is 0 Å². The highest BCUT2D eigenvalue weighted by Crippen LogP contribution is 2.34. The average molecular weight is 475 g/mol. The topological polar surface area (TPSA) is 112 Å². The lowest BCUT2D eigenvalue weighted by Gasteiger charge is -2.19. The highest BCUT2D eigenvalue weighted by atomic mass is 19.4. The number of carbonyl (C=O) groups is 1. The smallest absolute Gasteiger partial charge is 0.433 e. The molecule has 0 spiro atoms. The zero-order chi connectivity index (χ0) is 23.9. The summed E-state index contributed by atoms with van der Waals surface area (Å²) < 4.78 is 54.9. The van der Waals surface area contributed by atoms with Gasteiger partial charge in [-0.15, -0.1) is 10.2 Å². The second kappa shape index (κ2) is 8.67. The first-order valence-electron chi connectivity index (χ1n) is 10.7. The molecule has 5 heterocycles. The van der Waals surface area contributed by atoms with Crippen LogP contribution in [0.4, 0.5) is 13.2 Å². The molecule has 2 bridgehead atoms. The molecule has 3 aromatic rings.